The Bertz CT molecular complexity index is 86.3. The average Bonchev–Trinajstić information content (AvgIpc) is 1.80. The molecule has 3 saturated heterocycles. The van der Waals surface area contributed by atoms with E-state index in [1.807, 2.05) is 0 Å². The van der Waals surface area contributed by atoms with E-state index in [2.05, 4.69) is 0 Å². The molecule has 0 aromatic rings. The van der Waals surface area contributed by atoms with Gasteiger partial charge in [0.1, 0.15) is 0 Å². The van der Waals surface area contributed by atoms with Crippen molar-refractivity contribution in [3.8, 4) is 0 Å². The predicted octanol–water partition coefficient (Wildman–Crippen LogP) is 3.47. The van der Waals surface area contributed by atoms with Crippen molar-refractivity contribution in [2.45, 2.75) is 51.8 Å². The van der Waals surface area contributed by atoms with Gasteiger partial charge in [-0.3, -0.25) is 0 Å². The molecule has 3 fully saturated rings. The Balaban J connectivity index is 1.96. The molecule has 0 aromatic heterocycles. The molecule has 3 aliphatic heterocycles. The van der Waals surface area contributed by atoms with Crippen LogP contribution < -0.4 is 0 Å². The Morgan fingerprint density at radius 3 is 1.64 bits per heavy atom. The zero-order chi connectivity index (χ0) is 7.52. The van der Waals surface area contributed by atoms with Crippen LogP contribution in [-0.2, 0) is 0 Å². The van der Waals surface area contributed by atoms with Gasteiger partial charge in [-0.1, -0.05) is 0 Å². The summed E-state index contributed by atoms with van der Waals surface area (Å²) in [7, 11) is 0. The molecule has 0 aliphatic carbocycles. The quantitative estimate of drug-likeness (QED) is 0.583. The van der Waals surface area contributed by atoms with Gasteiger partial charge in [-0.05, 0) is 0 Å². The molecule has 1 radical (unpaired) electrons. The number of rotatable bonds is 0. The van der Waals surface area contributed by atoms with Crippen LogP contribution in [0.4, 0.5) is 0 Å². The first kappa shape index (κ1) is 8.40. The van der Waals surface area contributed by atoms with Crippen LogP contribution in [0, 0.1) is 5.92 Å². The molecule has 0 spiro atoms. The fraction of sp³-hybridized carbons (Fsp3) is 1.00. The molecule has 3 heterocycles. The van der Waals surface area contributed by atoms with E-state index in [-0.39, 0.29) is 0 Å². The summed E-state index contributed by atoms with van der Waals surface area (Å²) in [6, 6.07) is 0. The maximum atomic E-state index is 1.75. The molecule has 3 aliphatic rings. The van der Waals surface area contributed by atoms with Crippen LogP contribution >= 0.6 is 0 Å². The van der Waals surface area contributed by atoms with E-state index >= 15 is 0 Å². The molecule has 0 aromatic carbocycles. The van der Waals surface area contributed by atoms with Gasteiger partial charge in [-0.2, -0.15) is 0 Å². The standard InChI is InChI=1S/C10H19.Sn/c1-4-7-10(8-5-2)9-6-3;/h10H,1-9H2;. The van der Waals surface area contributed by atoms with Crippen LogP contribution in [0.25, 0.3) is 0 Å². The van der Waals surface area contributed by atoms with Crippen molar-refractivity contribution in [3.05, 3.63) is 0 Å². The fourth-order valence-electron chi connectivity index (χ4n) is 2.73. The van der Waals surface area contributed by atoms with E-state index in [1.165, 1.54) is 0 Å². The van der Waals surface area contributed by atoms with Gasteiger partial charge in [0.2, 0.25) is 0 Å². The van der Waals surface area contributed by atoms with E-state index < -0.39 is 19.8 Å². The van der Waals surface area contributed by atoms with E-state index in [4.69, 9.17) is 0 Å². The first-order valence-corrected chi connectivity index (χ1v) is 11.3. The Morgan fingerprint density at radius 1 is 0.727 bits per heavy atom. The van der Waals surface area contributed by atoms with Crippen LogP contribution in [0.2, 0.25) is 13.3 Å². The molecule has 0 nitrogen and oxygen atoms in total. The van der Waals surface area contributed by atoms with Crippen molar-refractivity contribution in [2.24, 2.45) is 5.92 Å². The molecule has 0 N–H and O–H groups in total. The van der Waals surface area contributed by atoms with Gasteiger partial charge < -0.3 is 0 Å². The molecule has 11 heavy (non-hydrogen) atoms. The molecule has 63 valence electrons. The zero-order valence-corrected chi connectivity index (χ0v) is 10.3. The van der Waals surface area contributed by atoms with Gasteiger partial charge >= 0.3 is 77.5 Å². The fourth-order valence-corrected chi connectivity index (χ4v) is 10.9. The van der Waals surface area contributed by atoms with Crippen LogP contribution in [0.5, 0.6) is 0 Å². The van der Waals surface area contributed by atoms with E-state index in [0.717, 1.165) is 5.92 Å². The second-order valence-corrected chi connectivity index (χ2v) is 12.9. The summed E-state index contributed by atoms with van der Waals surface area (Å²) >= 11 is -0.696. The first-order chi connectivity index (χ1) is 5.45. The van der Waals surface area contributed by atoms with Crippen molar-refractivity contribution >= 4 is 19.8 Å². The Hall–Kier alpha value is 0.799. The van der Waals surface area contributed by atoms with Crippen LogP contribution in [0.15, 0.2) is 0 Å². The molecular formula is C10H19Sn. The van der Waals surface area contributed by atoms with Crippen molar-refractivity contribution in [3.63, 3.8) is 0 Å². The average molecular weight is 258 g/mol. The Labute approximate surface area is 77.5 Å². The van der Waals surface area contributed by atoms with Crippen molar-refractivity contribution < 1.29 is 0 Å². The molecule has 0 amide bonds. The van der Waals surface area contributed by atoms with E-state index in [0.29, 0.717) is 0 Å². The summed E-state index contributed by atoms with van der Waals surface area (Å²) in [5.74, 6) is 1.15. The molecule has 1 heteroatoms. The van der Waals surface area contributed by atoms with E-state index in [1.54, 1.807) is 51.8 Å². The maximum absolute atomic E-state index is 1.75. The second-order valence-electron chi connectivity index (χ2n) is 4.29. The minimum absolute atomic E-state index is 0.696. The third-order valence-electron chi connectivity index (χ3n) is 3.43. The molecule has 0 unspecified atom stereocenters. The number of hydrogen-bond acceptors (Lipinski definition) is 0. The summed E-state index contributed by atoms with van der Waals surface area (Å²) in [6.07, 6.45) is 9.68. The second kappa shape index (κ2) is 4.15. The van der Waals surface area contributed by atoms with Crippen LogP contribution in [-0.4, -0.2) is 19.8 Å². The number of hydrogen-bond donors (Lipinski definition) is 0. The SMILES string of the molecule is C1CC2CC[CH2][Sn]([CH2]1)[CH2]CC2. The summed E-state index contributed by atoms with van der Waals surface area (Å²) in [4.78, 5) is 0. The predicted molar refractivity (Wildman–Crippen MR) is 51.4 cm³/mol. The molecule has 3 rings (SSSR count). The summed E-state index contributed by atoms with van der Waals surface area (Å²) in [5.41, 5.74) is 0. The third kappa shape index (κ3) is 2.37. The molecular weight excluding hydrogens is 239 g/mol. The van der Waals surface area contributed by atoms with Gasteiger partial charge in [0.15, 0.2) is 0 Å². The van der Waals surface area contributed by atoms with Gasteiger partial charge in [0.05, 0.1) is 0 Å². The molecule has 2 bridgehead atoms. The van der Waals surface area contributed by atoms with E-state index in [9.17, 15) is 0 Å². The van der Waals surface area contributed by atoms with Crippen LogP contribution in [0.1, 0.15) is 38.5 Å². The first-order valence-electron chi connectivity index (χ1n) is 5.29. The van der Waals surface area contributed by atoms with Crippen molar-refractivity contribution in [1.82, 2.24) is 0 Å². The zero-order valence-electron chi connectivity index (χ0n) is 7.44. The van der Waals surface area contributed by atoms with Gasteiger partial charge in [-0.25, -0.2) is 0 Å². The third-order valence-corrected chi connectivity index (χ3v) is 12.5. The summed E-state index contributed by atoms with van der Waals surface area (Å²) in [6.45, 7) is 0. The summed E-state index contributed by atoms with van der Waals surface area (Å²) in [5, 5.41) is 0. The molecule has 0 saturated carbocycles. The normalized spacial score (nSPS) is 29.5. The van der Waals surface area contributed by atoms with Crippen molar-refractivity contribution in [2.75, 3.05) is 0 Å². The number of fused-ring (bicyclic) bond motifs is 6. The Kier molecular flexibility index (Phi) is 3.17. The minimum atomic E-state index is -0.696. The van der Waals surface area contributed by atoms with Gasteiger partial charge in [0, 0.05) is 0 Å². The molecule has 0 atom stereocenters. The van der Waals surface area contributed by atoms with Gasteiger partial charge in [0.25, 0.3) is 0 Å². The van der Waals surface area contributed by atoms with Crippen LogP contribution in [0.3, 0.4) is 0 Å². The topological polar surface area (TPSA) is 0 Å². The summed E-state index contributed by atoms with van der Waals surface area (Å²) < 4.78 is 5.25. The van der Waals surface area contributed by atoms with Gasteiger partial charge in [-0.15, -0.1) is 0 Å². The van der Waals surface area contributed by atoms with Crippen molar-refractivity contribution in [1.29, 1.82) is 0 Å². The monoisotopic (exact) mass is 259 g/mol. The Morgan fingerprint density at radius 2 is 1.18 bits per heavy atom.